The van der Waals surface area contributed by atoms with Gasteiger partial charge in [-0.3, -0.25) is 4.79 Å². The zero-order valence-corrected chi connectivity index (χ0v) is 26.1. The third-order valence-corrected chi connectivity index (χ3v) is 10.5. The smallest absolute Gasteiger partial charge is 0.238 e. The van der Waals surface area contributed by atoms with Crippen molar-refractivity contribution in [1.82, 2.24) is 0 Å². The number of carbonyl (C=O) groups excluding carboxylic acids is 1. The molecule has 1 unspecified atom stereocenters. The number of hydrogen-bond acceptors (Lipinski definition) is 5. The predicted molar refractivity (Wildman–Crippen MR) is 168 cm³/mol. The molecular weight excluding hydrogens is 537 g/mol. The van der Waals surface area contributed by atoms with Gasteiger partial charge in [0, 0.05) is 27.8 Å². The number of thioether (sulfide) groups is 1. The Bertz CT molecular complexity index is 1610. The van der Waals surface area contributed by atoms with E-state index < -0.39 is 5.92 Å². The van der Waals surface area contributed by atoms with Crippen molar-refractivity contribution >= 4 is 44.5 Å². The van der Waals surface area contributed by atoms with Crippen molar-refractivity contribution in [2.45, 2.75) is 58.3 Å². The Morgan fingerprint density at radius 3 is 2.25 bits per heavy atom. The van der Waals surface area contributed by atoms with Crippen LogP contribution in [0.3, 0.4) is 0 Å². The summed E-state index contributed by atoms with van der Waals surface area (Å²) in [7, 11) is 3.31. The second kappa shape index (κ2) is 10.4. The van der Waals surface area contributed by atoms with Crippen molar-refractivity contribution in [3.63, 3.8) is 0 Å². The van der Waals surface area contributed by atoms with E-state index in [0.29, 0.717) is 12.0 Å². The molecule has 0 radical (unpaired) electrons. The van der Waals surface area contributed by atoms with Crippen molar-refractivity contribution < 1.29 is 19.4 Å². The third-order valence-electron chi connectivity index (χ3n) is 7.45. The van der Waals surface area contributed by atoms with E-state index in [1.165, 1.54) is 9.78 Å². The van der Waals surface area contributed by atoms with Crippen LogP contribution in [-0.4, -0.2) is 25.1 Å². The number of aliphatic hydroxyl groups excluding tert-OH is 1. The van der Waals surface area contributed by atoms with Gasteiger partial charge in [0.05, 0.1) is 25.7 Å². The molecule has 1 aliphatic heterocycles. The highest BCUT2D eigenvalue weighted by Crippen LogP contribution is 2.49. The summed E-state index contributed by atoms with van der Waals surface area (Å²) < 4.78 is 12.1. The van der Waals surface area contributed by atoms with Crippen LogP contribution in [0.15, 0.2) is 75.7 Å². The highest BCUT2D eigenvalue weighted by Gasteiger charge is 2.40. The Hall–Kier alpha value is -3.09. The molecule has 40 heavy (non-hydrogen) atoms. The molecule has 0 fully saturated rings. The van der Waals surface area contributed by atoms with Gasteiger partial charge in [-0.15, -0.1) is 0 Å². The van der Waals surface area contributed by atoms with E-state index in [1.807, 2.05) is 30.3 Å². The molecule has 6 heteroatoms. The molecule has 5 rings (SSSR count). The van der Waals surface area contributed by atoms with Crippen molar-refractivity contribution in [2.75, 3.05) is 14.2 Å². The lowest BCUT2D eigenvalue weighted by atomic mass is 9.76. The fraction of sp³-hybridized carbons (Fsp3) is 0.353. The quantitative estimate of drug-likeness (QED) is 0.308. The summed E-state index contributed by atoms with van der Waals surface area (Å²) in [5, 5.41) is 12.3. The van der Waals surface area contributed by atoms with Crippen molar-refractivity contribution in [3.05, 3.63) is 86.9 Å². The van der Waals surface area contributed by atoms with Crippen LogP contribution in [0.5, 0.6) is 11.5 Å². The van der Waals surface area contributed by atoms with Crippen molar-refractivity contribution in [2.24, 2.45) is 11.3 Å². The third kappa shape index (κ3) is 5.31. The van der Waals surface area contributed by atoms with Gasteiger partial charge in [-0.2, -0.15) is 0 Å². The minimum atomic E-state index is -0.560. The number of methoxy groups -OCH3 is 2. The van der Waals surface area contributed by atoms with Gasteiger partial charge in [-0.05, 0) is 75.9 Å². The first-order valence-electron chi connectivity index (χ1n) is 13.5. The van der Waals surface area contributed by atoms with E-state index >= 15 is 0 Å². The summed E-state index contributed by atoms with van der Waals surface area (Å²) in [6.07, 6.45) is 4.44. The highest BCUT2D eigenvalue weighted by molar-refractivity contribution is 8.03. The Labute approximate surface area is 245 Å². The Balaban J connectivity index is 1.56. The van der Waals surface area contributed by atoms with E-state index in [4.69, 9.17) is 9.47 Å². The van der Waals surface area contributed by atoms with E-state index in [-0.39, 0.29) is 22.4 Å². The highest BCUT2D eigenvalue weighted by atomic mass is 32.2. The second-order valence-corrected chi connectivity index (χ2v) is 14.7. The van der Waals surface area contributed by atoms with E-state index in [0.717, 1.165) is 43.2 Å². The zero-order valence-electron chi connectivity index (χ0n) is 24.5. The summed E-state index contributed by atoms with van der Waals surface area (Å²) in [6.45, 7) is 13.1. The van der Waals surface area contributed by atoms with Crippen LogP contribution >= 0.6 is 23.1 Å². The summed E-state index contributed by atoms with van der Waals surface area (Å²) in [5.74, 6) is 1.11. The SMILES string of the molecule is COc1ccc2c(c1)/C(=C/C1=C(O)C(Cc3cc(C(C)(C)C)[s+]c4ccc(OC)cc34)C1=O)C=C(C(C)(C)C)S2. The van der Waals surface area contributed by atoms with Crippen LogP contribution in [0.1, 0.15) is 57.5 Å². The van der Waals surface area contributed by atoms with Crippen molar-refractivity contribution in [3.8, 4) is 11.5 Å². The molecule has 2 aliphatic rings. The van der Waals surface area contributed by atoms with Gasteiger partial charge in [0.1, 0.15) is 17.3 Å². The summed E-state index contributed by atoms with van der Waals surface area (Å²) in [5.41, 5.74) is 3.28. The minimum absolute atomic E-state index is 0.0285. The van der Waals surface area contributed by atoms with Crippen LogP contribution in [0.2, 0.25) is 0 Å². The van der Waals surface area contributed by atoms with Gasteiger partial charge < -0.3 is 14.6 Å². The molecule has 2 heterocycles. The number of carbonyl (C=O) groups is 1. The lowest BCUT2D eigenvalue weighted by Gasteiger charge is -2.30. The molecule has 0 amide bonds. The number of allylic oxidation sites excluding steroid dienone is 6. The first kappa shape index (κ1) is 28.4. The number of ether oxygens (including phenoxy) is 2. The van der Waals surface area contributed by atoms with Gasteiger partial charge in [-0.25, -0.2) is 0 Å². The van der Waals surface area contributed by atoms with Gasteiger partial charge in [0.2, 0.25) is 20.9 Å². The molecule has 208 valence electrons. The van der Waals surface area contributed by atoms with Gasteiger partial charge in [0.25, 0.3) is 0 Å². The maximum absolute atomic E-state index is 13.6. The van der Waals surface area contributed by atoms with Crippen LogP contribution in [0.4, 0.5) is 0 Å². The summed E-state index contributed by atoms with van der Waals surface area (Å²) >= 11 is 3.50. The van der Waals surface area contributed by atoms with Crippen LogP contribution < -0.4 is 9.47 Å². The molecular formula is C34H37O4S2+. The molecule has 1 N–H and O–H groups in total. The maximum Gasteiger partial charge on any atom is 0.238 e. The Morgan fingerprint density at radius 2 is 1.62 bits per heavy atom. The Kier molecular flexibility index (Phi) is 7.38. The van der Waals surface area contributed by atoms with Crippen LogP contribution in [-0.2, 0) is 16.6 Å². The van der Waals surface area contributed by atoms with E-state index in [2.05, 4.69) is 65.8 Å². The molecule has 0 saturated heterocycles. The number of hydrogen-bond donors (Lipinski definition) is 1. The van der Waals surface area contributed by atoms with Crippen molar-refractivity contribution in [1.29, 1.82) is 0 Å². The number of fused-ring (bicyclic) bond motifs is 2. The van der Waals surface area contributed by atoms with Crippen LogP contribution in [0.25, 0.3) is 15.7 Å². The molecule has 0 saturated carbocycles. The van der Waals surface area contributed by atoms with Crippen LogP contribution in [0, 0.1) is 11.3 Å². The first-order valence-corrected chi connectivity index (χ1v) is 15.1. The number of rotatable bonds is 5. The first-order chi connectivity index (χ1) is 18.8. The lowest BCUT2D eigenvalue weighted by Crippen LogP contribution is -2.32. The van der Waals surface area contributed by atoms with E-state index in [1.54, 1.807) is 37.3 Å². The van der Waals surface area contributed by atoms with Gasteiger partial charge in [0.15, 0.2) is 5.78 Å². The van der Waals surface area contributed by atoms with Gasteiger partial charge in [-0.1, -0.05) is 53.3 Å². The molecule has 1 aromatic heterocycles. The summed E-state index contributed by atoms with van der Waals surface area (Å²) in [4.78, 5) is 17.1. The Morgan fingerprint density at radius 1 is 0.950 bits per heavy atom. The molecule has 3 aromatic rings. The largest absolute Gasteiger partial charge is 0.511 e. The maximum atomic E-state index is 13.6. The number of Topliss-reactive ketones (excluding diaryl/α,β-unsaturated/α-hetero) is 1. The summed E-state index contributed by atoms with van der Waals surface area (Å²) in [6, 6.07) is 14.3. The lowest BCUT2D eigenvalue weighted by molar-refractivity contribution is -0.121. The number of aliphatic hydroxyl groups is 1. The zero-order chi connectivity index (χ0) is 29.0. The molecule has 4 nitrogen and oxygen atoms in total. The normalized spacial score (nSPS) is 18.5. The second-order valence-electron chi connectivity index (χ2n) is 12.5. The molecule has 0 bridgehead atoms. The molecule has 1 aliphatic carbocycles. The fourth-order valence-corrected chi connectivity index (χ4v) is 7.30. The predicted octanol–water partition coefficient (Wildman–Crippen LogP) is 9.17. The molecule has 2 aromatic carbocycles. The number of ketones is 1. The monoisotopic (exact) mass is 573 g/mol. The average molecular weight is 574 g/mol. The molecule has 1 atom stereocenters. The van der Waals surface area contributed by atoms with Gasteiger partial charge >= 0.3 is 0 Å². The average Bonchev–Trinajstić information content (AvgIpc) is 2.92. The number of benzene rings is 2. The minimum Gasteiger partial charge on any atom is -0.511 e. The standard InChI is InChI=1S/C34H36O4S2/c1-33(2,3)29-15-19(23-17-21(37-7)9-11-27(23)39-29)13-25-31(35)26(32(25)36)14-20-16-30(34(4,5)6)40-28-12-10-22(38-8)18-24(20)28/h9-13,15-18,26H,14H2,1-8H3/p+1/b19-13+. The fourth-order valence-electron chi connectivity index (χ4n) is 4.96. The molecule has 0 spiro atoms. The van der Waals surface area contributed by atoms with E-state index in [9.17, 15) is 9.90 Å². The topological polar surface area (TPSA) is 55.8 Å².